The molecule has 0 saturated heterocycles. The van der Waals surface area contributed by atoms with E-state index in [0.717, 1.165) is 12.8 Å². The molecule has 0 aromatic rings. The lowest BCUT2D eigenvalue weighted by Crippen LogP contribution is -2.64. The van der Waals surface area contributed by atoms with Gasteiger partial charge in [-0.3, -0.25) is 0 Å². The molecule has 0 aromatic carbocycles. The van der Waals surface area contributed by atoms with Gasteiger partial charge in [-0.1, -0.05) is 13.0 Å². The van der Waals surface area contributed by atoms with Gasteiger partial charge in [-0.15, -0.1) is 6.58 Å². The molecule has 0 aromatic heterocycles. The van der Waals surface area contributed by atoms with Crippen LogP contribution in [0.25, 0.3) is 0 Å². The molecule has 0 heterocycles. The third kappa shape index (κ3) is 2.74. The standard InChI is InChI=1S/C16H28O3/c1-6-7-16(18)10-15(5)9-12(17)11(16)8-13(15)19-14(2,3)4/h6,11-13,17-18H,1,7-10H2,2-5H3/t11-,12+,13+,15+,16-/m1/s1. The highest BCUT2D eigenvalue weighted by Crippen LogP contribution is 2.57. The number of hydrogen-bond acceptors (Lipinski definition) is 3. The minimum atomic E-state index is -0.814. The summed E-state index contributed by atoms with van der Waals surface area (Å²) in [6, 6.07) is 0. The molecule has 0 unspecified atom stereocenters. The molecule has 110 valence electrons. The van der Waals surface area contributed by atoms with E-state index in [9.17, 15) is 10.2 Å². The number of hydrogen-bond donors (Lipinski definition) is 2. The number of aliphatic hydroxyl groups is 2. The Morgan fingerprint density at radius 3 is 2.53 bits per heavy atom. The van der Waals surface area contributed by atoms with Crippen molar-refractivity contribution in [3.05, 3.63) is 12.7 Å². The van der Waals surface area contributed by atoms with Gasteiger partial charge in [0.15, 0.2) is 0 Å². The Kier molecular flexibility index (Phi) is 3.62. The molecule has 0 spiro atoms. The van der Waals surface area contributed by atoms with Crippen LogP contribution >= 0.6 is 0 Å². The predicted molar refractivity (Wildman–Crippen MR) is 75.8 cm³/mol. The van der Waals surface area contributed by atoms with Crippen LogP contribution in [0.1, 0.15) is 53.4 Å². The summed E-state index contributed by atoms with van der Waals surface area (Å²) in [5.41, 5.74) is -1.15. The molecule has 3 aliphatic rings. The fourth-order valence-electron chi connectivity index (χ4n) is 4.11. The monoisotopic (exact) mass is 268 g/mol. The van der Waals surface area contributed by atoms with Crippen molar-refractivity contribution in [2.24, 2.45) is 11.3 Å². The van der Waals surface area contributed by atoms with E-state index in [0.29, 0.717) is 12.8 Å². The summed E-state index contributed by atoms with van der Waals surface area (Å²) in [7, 11) is 0. The Morgan fingerprint density at radius 2 is 2.05 bits per heavy atom. The van der Waals surface area contributed by atoms with E-state index in [1.807, 2.05) is 0 Å². The number of ether oxygens (including phenoxy) is 1. The highest BCUT2D eigenvalue weighted by atomic mass is 16.5. The summed E-state index contributed by atoms with van der Waals surface area (Å²) in [4.78, 5) is 0. The lowest BCUT2D eigenvalue weighted by Gasteiger charge is -2.60. The molecule has 0 amide bonds. The molecule has 3 saturated carbocycles. The first kappa shape index (κ1) is 15.0. The predicted octanol–water partition coefficient (Wildman–Crippen LogP) is 2.66. The van der Waals surface area contributed by atoms with Crippen LogP contribution in [0.3, 0.4) is 0 Å². The van der Waals surface area contributed by atoms with E-state index in [2.05, 4.69) is 34.3 Å². The van der Waals surface area contributed by atoms with Crippen LogP contribution in [-0.4, -0.2) is 33.6 Å². The zero-order chi connectivity index (χ0) is 14.5. The molecule has 3 rings (SSSR count). The van der Waals surface area contributed by atoms with Gasteiger partial charge in [-0.2, -0.15) is 0 Å². The van der Waals surface area contributed by atoms with Crippen LogP contribution in [0, 0.1) is 11.3 Å². The molecular weight excluding hydrogens is 240 g/mol. The van der Waals surface area contributed by atoms with Gasteiger partial charge in [-0.05, 0) is 51.9 Å². The summed E-state index contributed by atoms with van der Waals surface area (Å²) in [6.07, 6.45) is 4.14. The lowest BCUT2D eigenvalue weighted by atomic mass is 9.52. The summed E-state index contributed by atoms with van der Waals surface area (Å²) in [6.45, 7) is 12.1. The zero-order valence-electron chi connectivity index (χ0n) is 12.6. The summed E-state index contributed by atoms with van der Waals surface area (Å²) in [5, 5.41) is 21.1. The maximum atomic E-state index is 10.8. The largest absolute Gasteiger partial charge is 0.393 e. The topological polar surface area (TPSA) is 49.7 Å². The van der Waals surface area contributed by atoms with Crippen molar-refractivity contribution < 1.29 is 14.9 Å². The molecule has 2 N–H and O–H groups in total. The lowest BCUT2D eigenvalue weighted by molar-refractivity contribution is -0.248. The maximum absolute atomic E-state index is 10.8. The Hall–Kier alpha value is -0.380. The van der Waals surface area contributed by atoms with Crippen LogP contribution in [0.5, 0.6) is 0 Å². The van der Waals surface area contributed by atoms with E-state index in [1.54, 1.807) is 6.08 Å². The molecule has 0 aliphatic heterocycles. The normalized spacial score (nSPS) is 46.3. The quantitative estimate of drug-likeness (QED) is 0.774. The first-order valence-electron chi connectivity index (χ1n) is 7.29. The van der Waals surface area contributed by atoms with Crippen LogP contribution in [-0.2, 0) is 4.74 Å². The van der Waals surface area contributed by atoms with Gasteiger partial charge < -0.3 is 14.9 Å². The van der Waals surface area contributed by atoms with E-state index in [1.165, 1.54) is 0 Å². The van der Waals surface area contributed by atoms with Gasteiger partial charge in [0.25, 0.3) is 0 Å². The molecule has 3 fully saturated rings. The van der Waals surface area contributed by atoms with Gasteiger partial charge >= 0.3 is 0 Å². The fraction of sp³-hybridized carbons (Fsp3) is 0.875. The average Bonchev–Trinajstić information content (AvgIpc) is 2.18. The smallest absolute Gasteiger partial charge is 0.0741 e. The van der Waals surface area contributed by atoms with Crippen molar-refractivity contribution >= 4 is 0 Å². The Balaban J connectivity index is 2.23. The van der Waals surface area contributed by atoms with Crippen molar-refractivity contribution in [2.45, 2.75) is 76.8 Å². The van der Waals surface area contributed by atoms with Crippen molar-refractivity contribution in [3.63, 3.8) is 0 Å². The summed E-state index contributed by atoms with van der Waals surface area (Å²) < 4.78 is 6.19. The molecule has 2 bridgehead atoms. The molecule has 3 aliphatic carbocycles. The number of aliphatic hydroxyl groups excluding tert-OH is 1. The molecule has 3 nitrogen and oxygen atoms in total. The second-order valence-corrected chi connectivity index (χ2v) is 7.76. The van der Waals surface area contributed by atoms with Gasteiger partial charge in [0, 0.05) is 5.92 Å². The van der Waals surface area contributed by atoms with Gasteiger partial charge in [0.2, 0.25) is 0 Å². The molecule has 3 heteroatoms. The highest BCUT2D eigenvalue weighted by molar-refractivity contribution is 5.12. The van der Waals surface area contributed by atoms with Crippen LogP contribution in [0.2, 0.25) is 0 Å². The number of fused-ring (bicyclic) bond motifs is 3. The van der Waals surface area contributed by atoms with Gasteiger partial charge in [-0.25, -0.2) is 0 Å². The first-order chi connectivity index (χ1) is 8.60. The van der Waals surface area contributed by atoms with E-state index in [-0.39, 0.29) is 23.0 Å². The third-order valence-corrected chi connectivity index (χ3v) is 4.78. The van der Waals surface area contributed by atoms with Crippen molar-refractivity contribution in [1.82, 2.24) is 0 Å². The van der Waals surface area contributed by atoms with Crippen molar-refractivity contribution in [1.29, 1.82) is 0 Å². The minimum Gasteiger partial charge on any atom is -0.393 e. The van der Waals surface area contributed by atoms with Crippen molar-refractivity contribution in [3.8, 4) is 0 Å². The van der Waals surface area contributed by atoms with E-state index >= 15 is 0 Å². The second kappa shape index (κ2) is 4.57. The first-order valence-corrected chi connectivity index (χ1v) is 7.29. The second-order valence-electron chi connectivity index (χ2n) is 7.76. The zero-order valence-corrected chi connectivity index (χ0v) is 12.6. The highest BCUT2D eigenvalue weighted by Gasteiger charge is 2.60. The average molecular weight is 268 g/mol. The van der Waals surface area contributed by atoms with Crippen LogP contribution in [0.15, 0.2) is 12.7 Å². The van der Waals surface area contributed by atoms with Crippen LogP contribution < -0.4 is 0 Å². The third-order valence-electron chi connectivity index (χ3n) is 4.78. The molecule has 5 atom stereocenters. The maximum Gasteiger partial charge on any atom is 0.0741 e. The van der Waals surface area contributed by atoms with E-state index < -0.39 is 11.7 Å². The Morgan fingerprint density at radius 1 is 1.42 bits per heavy atom. The fourth-order valence-corrected chi connectivity index (χ4v) is 4.11. The SMILES string of the molecule is C=CC[C@@]1(O)C[C@]2(C)C[C@H](O)[C@H]1C[C@@H]2OC(C)(C)C. The van der Waals surface area contributed by atoms with E-state index in [4.69, 9.17) is 4.74 Å². The number of rotatable bonds is 3. The molecule has 19 heavy (non-hydrogen) atoms. The summed E-state index contributed by atoms with van der Waals surface area (Å²) >= 11 is 0. The van der Waals surface area contributed by atoms with Gasteiger partial charge in [0.1, 0.15) is 0 Å². The van der Waals surface area contributed by atoms with Crippen molar-refractivity contribution in [2.75, 3.05) is 0 Å². The Labute approximate surface area is 116 Å². The van der Waals surface area contributed by atoms with Gasteiger partial charge in [0.05, 0.1) is 23.4 Å². The Bertz CT molecular complexity index is 359. The molecule has 0 radical (unpaired) electrons. The molecular formula is C16H28O3. The minimum absolute atomic E-state index is 0.0975. The summed E-state index contributed by atoms with van der Waals surface area (Å²) in [5.74, 6) is -0.0975. The van der Waals surface area contributed by atoms with Crippen LogP contribution in [0.4, 0.5) is 0 Å².